The minimum Gasteiger partial charge on any atom is -0.453 e. The van der Waals surface area contributed by atoms with Crippen molar-refractivity contribution in [1.82, 2.24) is 5.32 Å². The summed E-state index contributed by atoms with van der Waals surface area (Å²) in [7, 11) is 1.84. The lowest BCUT2D eigenvalue weighted by molar-refractivity contribution is 0.413. The molecule has 1 heterocycles. The van der Waals surface area contributed by atoms with Gasteiger partial charge in [-0.3, -0.25) is 0 Å². The van der Waals surface area contributed by atoms with Crippen molar-refractivity contribution in [3.8, 4) is 0 Å². The van der Waals surface area contributed by atoms with Crippen molar-refractivity contribution in [2.75, 3.05) is 7.05 Å². The summed E-state index contributed by atoms with van der Waals surface area (Å²) in [6.45, 7) is 0. The molecule has 1 N–H and O–H groups in total. The summed E-state index contributed by atoms with van der Waals surface area (Å²) in [5, 5.41) is 3.13. The minimum absolute atomic E-state index is 0.0294. The van der Waals surface area contributed by atoms with E-state index in [0.717, 1.165) is 5.76 Å². The molecule has 0 aliphatic heterocycles. The van der Waals surface area contributed by atoms with E-state index in [2.05, 4.69) is 21.2 Å². The predicted molar refractivity (Wildman–Crippen MR) is 68.3 cm³/mol. The fraction of sp³-hybridized carbons (Fsp3) is 0.231. The SMILES string of the molecule is CNC(Cc1ccccc1F)c1ccc(Br)o1. The van der Waals surface area contributed by atoms with E-state index in [1.165, 1.54) is 6.07 Å². The first-order valence-electron chi connectivity index (χ1n) is 5.36. The molecule has 90 valence electrons. The summed E-state index contributed by atoms with van der Waals surface area (Å²) in [6, 6.07) is 10.5. The van der Waals surface area contributed by atoms with Gasteiger partial charge in [-0.05, 0) is 53.2 Å². The third-order valence-corrected chi connectivity index (χ3v) is 3.09. The van der Waals surface area contributed by atoms with Crippen molar-refractivity contribution in [2.45, 2.75) is 12.5 Å². The molecule has 0 saturated heterocycles. The lowest BCUT2D eigenvalue weighted by atomic mass is 10.0. The van der Waals surface area contributed by atoms with E-state index < -0.39 is 0 Å². The van der Waals surface area contributed by atoms with Crippen molar-refractivity contribution < 1.29 is 8.81 Å². The highest BCUT2D eigenvalue weighted by Gasteiger charge is 2.15. The normalized spacial score (nSPS) is 12.6. The molecular formula is C13H13BrFNO. The summed E-state index contributed by atoms with van der Waals surface area (Å²) in [5.41, 5.74) is 0.680. The smallest absolute Gasteiger partial charge is 0.169 e. The topological polar surface area (TPSA) is 25.2 Å². The maximum atomic E-state index is 13.5. The third-order valence-electron chi connectivity index (χ3n) is 2.67. The molecule has 1 unspecified atom stereocenters. The molecule has 2 aromatic rings. The monoisotopic (exact) mass is 297 g/mol. The van der Waals surface area contributed by atoms with Gasteiger partial charge in [0, 0.05) is 0 Å². The van der Waals surface area contributed by atoms with Crippen LogP contribution in [0.4, 0.5) is 4.39 Å². The second-order valence-electron chi connectivity index (χ2n) is 3.78. The Balaban J connectivity index is 2.18. The van der Waals surface area contributed by atoms with Crippen LogP contribution in [0.3, 0.4) is 0 Å². The van der Waals surface area contributed by atoms with Crippen LogP contribution in [0.5, 0.6) is 0 Å². The number of hydrogen-bond donors (Lipinski definition) is 1. The molecule has 0 radical (unpaired) electrons. The van der Waals surface area contributed by atoms with Crippen LogP contribution in [0.1, 0.15) is 17.4 Å². The van der Waals surface area contributed by atoms with E-state index in [1.807, 2.05) is 25.2 Å². The van der Waals surface area contributed by atoms with Crippen LogP contribution in [0, 0.1) is 5.82 Å². The first kappa shape index (κ1) is 12.3. The maximum absolute atomic E-state index is 13.5. The van der Waals surface area contributed by atoms with Crippen LogP contribution in [0.15, 0.2) is 45.5 Å². The van der Waals surface area contributed by atoms with E-state index >= 15 is 0 Å². The molecule has 17 heavy (non-hydrogen) atoms. The van der Waals surface area contributed by atoms with E-state index in [9.17, 15) is 4.39 Å². The summed E-state index contributed by atoms with van der Waals surface area (Å²) in [4.78, 5) is 0. The molecule has 0 aliphatic rings. The number of nitrogens with one attached hydrogen (secondary N) is 1. The van der Waals surface area contributed by atoms with Gasteiger partial charge in [-0.25, -0.2) is 4.39 Å². The maximum Gasteiger partial charge on any atom is 0.169 e. The fourth-order valence-electron chi connectivity index (χ4n) is 1.74. The second kappa shape index (κ2) is 5.47. The van der Waals surface area contributed by atoms with Gasteiger partial charge in [0.2, 0.25) is 0 Å². The van der Waals surface area contributed by atoms with E-state index in [4.69, 9.17) is 4.42 Å². The van der Waals surface area contributed by atoms with Crippen molar-refractivity contribution in [3.63, 3.8) is 0 Å². The van der Waals surface area contributed by atoms with Crippen molar-refractivity contribution in [1.29, 1.82) is 0 Å². The summed E-state index contributed by atoms with van der Waals surface area (Å²) in [5.74, 6) is 0.612. The molecule has 0 spiro atoms. The summed E-state index contributed by atoms with van der Waals surface area (Å²) >= 11 is 3.26. The van der Waals surface area contributed by atoms with Gasteiger partial charge in [-0.15, -0.1) is 0 Å². The van der Waals surface area contributed by atoms with Crippen molar-refractivity contribution in [3.05, 3.63) is 58.2 Å². The predicted octanol–water partition coefficient (Wildman–Crippen LogP) is 3.68. The number of halogens is 2. The van der Waals surface area contributed by atoms with Gasteiger partial charge < -0.3 is 9.73 Å². The van der Waals surface area contributed by atoms with Crippen molar-refractivity contribution in [2.24, 2.45) is 0 Å². The zero-order valence-electron chi connectivity index (χ0n) is 9.41. The number of likely N-dealkylation sites (N-methyl/N-ethyl adjacent to an activating group) is 1. The van der Waals surface area contributed by atoms with Crippen LogP contribution in [0.2, 0.25) is 0 Å². The van der Waals surface area contributed by atoms with E-state index in [1.54, 1.807) is 12.1 Å². The first-order chi connectivity index (χ1) is 8.20. The Labute approximate surface area is 108 Å². The Bertz CT molecular complexity index is 498. The van der Waals surface area contributed by atoms with Crippen LogP contribution in [-0.4, -0.2) is 7.05 Å². The van der Waals surface area contributed by atoms with Gasteiger partial charge in [0.25, 0.3) is 0 Å². The molecular weight excluding hydrogens is 285 g/mol. The highest BCUT2D eigenvalue weighted by molar-refractivity contribution is 9.10. The Morgan fingerprint density at radius 2 is 2.06 bits per heavy atom. The van der Waals surface area contributed by atoms with Crippen molar-refractivity contribution >= 4 is 15.9 Å². The summed E-state index contributed by atoms with van der Waals surface area (Å²) in [6.07, 6.45) is 0.559. The van der Waals surface area contributed by atoms with Gasteiger partial charge in [-0.1, -0.05) is 18.2 Å². The average molecular weight is 298 g/mol. The summed E-state index contributed by atoms with van der Waals surface area (Å²) < 4.78 is 19.7. The number of furan rings is 1. The Kier molecular flexibility index (Phi) is 3.97. The lowest BCUT2D eigenvalue weighted by Gasteiger charge is -2.14. The van der Waals surface area contributed by atoms with Crippen LogP contribution in [-0.2, 0) is 6.42 Å². The molecule has 0 bridgehead atoms. The molecule has 0 saturated carbocycles. The van der Waals surface area contributed by atoms with Crippen LogP contribution >= 0.6 is 15.9 Å². The van der Waals surface area contributed by atoms with E-state index in [-0.39, 0.29) is 11.9 Å². The largest absolute Gasteiger partial charge is 0.453 e. The molecule has 1 atom stereocenters. The Morgan fingerprint density at radius 1 is 1.29 bits per heavy atom. The molecule has 4 heteroatoms. The molecule has 2 nitrogen and oxygen atoms in total. The third kappa shape index (κ3) is 2.96. The number of hydrogen-bond acceptors (Lipinski definition) is 2. The second-order valence-corrected chi connectivity index (χ2v) is 4.56. The first-order valence-corrected chi connectivity index (χ1v) is 6.16. The molecule has 0 fully saturated rings. The van der Waals surface area contributed by atoms with Gasteiger partial charge >= 0.3 is 0 Å². The van der Waals surface area contributed by atoms with E-state index in [0.29, 0.717) is 16.7 Å². The number of benzene rings is 1. The number of rotatable bonds is 4. The molecule has 2 rings (SSSR count). The molecule has 0 aliphatic carbocycles. The van der Waals surface area contributed by atoms with Gasteiger partial charge in [0.15, 0.2) is 4.67 Å². The lowest BCUT2D eigenvalue weighted by Crippen LogP contribution is -2.18. The highest BCUT2D eigenvalue weighted by atomic mass is 79.9. The zero-order valence-corrected chi connectivity index (χ0v) is 11.0. The zero-order chi connectivity index (χ0) is 12.3. The highest BCUT2D eigenvalue weighted by Crippen LogP contribution is 2.24. The van der Waals surface area contributed by atoms with Crippen LogP contribution in [0.25, 0.3) is 0 Å². The standard InChI is InChI=1S/C13H13BrFNO/c1-16-11(12-6-7-13(14)17-12)8-9-4-2-3-5-10(9)15/h2-7,11,16H,8H2,1H3. The van der Waals surface area contributed by atoms with Gasteiger partial charge in [0.1, 0.15) is 11.6 Å². The minimum atomic E-state index is -0.182. The fourth-order valence-corrected chi connectivity index (χ4v) is 2.06. The quantitative estimate of drug-likeness (QED) is 0.931. The Hall–Kier alpha value is -1.13. The molecule has 1 aromatic carbocycles. The van der Waals surface area contributed by atoms with Gasteiger partial charge in [-0.2, -0.15) is 0 Å². The molecule has 1 aromatic heterocycles. The Morgan fingerprint density at radius 3 is 2.65 bits per heavy atom. The average Bonchev–Trinajstić information content (AvgIpc) is 2.75. The molecule has 0 amide bonds. The van der Waals surface area contributed by atoms with Crippen LogP contribution < -0.4 is 5.32 Å². The van der Waals surface area contributed by atoms with Gasteiger partial charge in [0.05, 0.1) is 6.04 Å².